The minimum absolute atomic E-state index is 0.195. The van der Waals surface area contributed by atoms with Gasteiger partial charge in [0.25, 0.3) is 0 Å². The van der Waals surface area contributed by atoms with Crippen molar-refractivity contribution < 1.29 is 4.52 Å². The molecule has 0 amide bonds. The molecule has 0 aliphatic rings. The van der Waals surface area contributed by atoms with Crippen molar-refractivity contribution in [3.8, 4) is 0 Å². The van der Waals surface area contributed by atoms with Crippen LogP contribution in [0, 0.1) is 5.92 Å². The van der Waals surface area contributed by atoms with Gasteiger partial charge in [-0.3, -0.25) is 0 Å². The molecule has 0 aliphatic heterocycles. The molecule has 1 aromatic carbocycles. The van der Waals surface area contributed by atoms with Gasteiger partial charge in [-0.25, -0.2) is 0 Å². The summed E-state index contributed by atoms with van der Waals surface area (Å²) in [5.41, 5.74) is 5.97. The van der Waals surface area contributed by atoms with E-state index in [0.717, 1.165) is 4.47 Å². The Morgan fingerprint density at radius 1 is 1.32 bits per heavy atom. The Morgan fingerprint density at radius 2 is 2.00 bits per heavy atom. The van der Waals surface area contributed by atoms with E-state index < -0.39 is 0 Å². The highest BCUT2D eigenvalue weighted by molar-refractivity contribution is 9.10. The minimum Gasteiger partial charge on any atom is -0.338 e. The Balaban J connectivity index is 1.95. The van der Waals surface area contributed by atoms with E-state index in [1.54, 1.807) is 11.8 Å². The summed E-state index contributed by atoms with van der Waals surface area (Å²) in [6.07, 6.45) is 0. The third kappa shape index (κ3) is 4.06. The van der Waals surface area contributed by atoms with Crippen LogP contribution in [0.2, 0.25) is 0 Å². The van der Waals surface area contributed by atoms with Gasteiger partial charge in [0.1, 0.15) is 0 Å². The molecule has 1 heterocycles. The summed E-state index contributed by atoms with van der Waals surface area (Å²) in [6, 6.07) is 7.93. The van der Waals surface area contributed by atoms with Crippen LogP contribution in [0.3, 0.4) is 0 Å². The average molecular weight is 342 g/mol. The molecule has 2 rings (SSSR count). The van der Waals surface area contributed by atoms with Crippen molar-refractivity contribution in [1.82, 2.24) is 10.1 Å². The van der Waals surface area contributed by atoms with Gasteiger partial charge in [-0.05, 0) is 30.2 Å². The molecule has 19 heavy (non-hydrogen) atoms. The zero-order chi connectivity index (χ0) is 13.8. The third-order valence-electron chi connectivity index (χ3n) is 2.67. The monoisotopic (exact) mass is 341 g/mol. The number of hydrogen-bond donors (Lipinski definition) is 1. The molecule has 0 aliphatic carbocycles. The highest BCUT2D eigenvalue weighted by Gasteiger charge is 2.17. The van der Waals surface area contributed by atoms with Crippen molar-refractivity contribution in [3.63, 3.8) is 0 Å². The first kappa shape index (κ1) is 14.6. The zero-order valence-corrected chi connectivity index (χ0v) is 13.2. The van der Waals surface area contributed by atoms with E-state index >= 15 is 0 Å². The predicted octanol–water partition coefficient (Wildman–Crippen LogP) is 3.78. The number of nitrogens with two attached hydrogens (primary N) is 1. The molecule has 0 bridgehead atoms. The second-order valence-corrected chi connectivity index (χ2v) is 6.53. The summed E-state index contributed by atoms with van der Waals surface area (Å²) < 4.78 is 6.26. The molecule has 0 saturated carbocycles. The van der Waals surface area contributed by atoms with Crippen LogP contribution in [-0.4, -0.2) is 10.1 Å². The van der Waals surface area contributed by atoms with Gasteiger partial charge in [0.2, 0.25) is 5.89 Å². The molecular weight excluding hydrogens is 326 g/mol. The molecule has 0 spiro atoms. The van der Waals surface area contributed by atoms with Crippen LogP contribution in [0.1, 0.15) is 31.6 Å². The molecule has 2 N–H and O–H groups in total. The number of hydrogen-bond acceptors (Lipinski definition) is 5. The highest BCUT2D eigenvalue weighted by atomic mass is 79.9. The van der Waals surface area contributed by atoms with Crippen molar-refractivity contribution in [3.05, 3.63) is 40.5 Å². The lowest BCUT2D eigenvalue weighted by Crippen LogP contribution is -2.17. The fourth-order valence-corrected chi connectivity index (χ4v) is 2.43. The summed E-state index contributed by atoms with van der Waals surface area (Å²) in [6.45, 7) is 4.07. The fourth-order valence-electron chi connectivity index (χ4n) is 1.43. The van der Waals surface area contributed by atoms with Gasteiger partial charge in [-0.1, -0.05) is 34.9 Å². The second-order valence-electron chi connectivity index (χ2n) is 4.56. The third-order valence-corrected chi connectivity index (χ3v) is 4.21. The van der Waals surface area contributed by atoms with Crippen LogP contribution in [-0.2, 0) is 5.75 Å². The Kier molecular flexibility index (Phi) is 5.01. The lowest BCUT2D eigenvalue weighted by atomic mass is 10.1. The standard InChI is InChI=1S/C13H16BrN3OS/c1-8(2)12(15)13-16-11(17-18-13)7-19-10-5-3-9(14)4-6-10/h3-6,8,12H,7,15H2,1-2H3/t12-/m1/s1. The van der Waals surface area contributed by atoms with Crippen LogP contribution >= 0.6 is 27.7 Å². The van der Waals surface area contributed by atoms with E-state index in [-0.39, 0.29) is 12.0 Å². The molecule has 0 saturated heterocycles. The molecule has 6 heteroatoms. The van der Waals surface area contributed by atoms with Crippen molar-refractivity contribution in [2.24, 2.45) is 11.7 Å². The summed E-state index contributed by atoms with van der Waals surface area (Å²) >= 11 is 5.08. The minimum atomic E-state index is -0.195. The molecule has 1 atom stereocenters. The Hall–Kier alpha value is -0.850. The van der Waals surface area contributed by atoms with Gasteiger partial charge in [0.15, 0.2) is 5.82 Å². The maximum atomic E-state index is 5.97. The Morgan fingerprint density at radius 3 is 2.63 bits per heavy atom. The highest BCUT2D eigenvalue weighted by Crippen LogP contribution is 2.24. The maximum Gasteiger partial charge on any atom is 0.243 e. The number of aromatic nitrogens is 2. The lowest BCUT2D eigenvalue weighted by Gasteiger charge is -2.09. The van der Waals surface area contributed by atoms with Crippen LogP contribution in [0.4, 0.5) is 0 Å². The largest absolute Gasteiger partial charge is 0.338 e. The predicted molar refractivity (Wildman–Crippen MR) is 79.8 cm³/mol. The van der Waals surface area contributed by atoms with E-state index in [1.807, 2.05) is 26.0 Å². The van der Waals surface area contributed by atoms with Crippen molar-refractivity contribution in [1.29, 1.82) is 0 Å². The summed E-state index contributed by atoms with van der Waals surface area (Å²) in [5, 5.41) is 3.96. The molecule has 1 aromatic heterocycles. The first-order valence-corrected chi connectivity index (χ1v) is 7.80. The molecule has 4 nitrogen and oxygen atoms in total. The van der Waals surface area contributed by atoms with Crippen molar-refractivity contribution in [2.45, 2.75) is 30.5 Å². The molecule has 0 radical (unpaired) electrons. The van der Waals surface area contributed by atoms with Gasteiger partial charge in [-0.15, -0.1) is 11.8 Å². The number of thioether (sulfide) groups is 1. The van der Waals surface area contributed by atoms with Gasteiger partial charge in [0.05, 0.1) is 11.8 Å². The Labute approximate surface area is 125 Å². The number of halogens is 1. The summed E-state index contributed by atoms with van der Waals surface area (Å²) in [5.74, 6) is 2.16. The molecular formula is C13H16BrN3OS. The van der Waals surface area contributed by atoms with Crippen molar-refractivity contribution >= 4 is 27.7 Å². The SMILES string of the molecule is CC(C)[C@@H](N)c1nc(CSc2ccc(Br)cc2)no1. The average Bonchev–Trinajstić information content (AvgIpc) is 2.86. The first-order chi connectivity index (χ1) is 9.06. The van der Waals surface area contributed by atoms with Crippen LogP contribution in [0.25, 0.3) is 0 Å². The van der Waals surface area contributed by atoms with E-state index in [4.69, 9.17) is 10.3 Å². The van der Waals surface area contributed by atoms with E-state index in [0.29, 0.717) is 17.5 Å². The van der Waals surface area contributed by atoms with Gasteiger partial charge in [-0.2, -0.15) is 4.98 Å². The summed E-state index contributed by atoms with van der Waals surface area (Å²) in [7, 11) is 0. The van der Waals surface area contributed by atoms with Crippen LogP contribution in [0.5, 0.6) is 0 Å². The number of rotatable bonds is 5. The Bertz CT molecular complexity index is 527. The quantitative estimate of drug-likeness (QED) is 0.838. The van der Waals surface area contributed by atoms with Crippen LogP contribution in [0.15, 0.2) is 38.2 Å². The molecule has 2 aromatic rings. The van der Waals surface area contributed by atoms with Crippen LogP contribution < -0.4 is 5.73 Å². The normalized spacial score (nSPS) is 12.9. The number of nitrogens with zero attached hydrogens (tertiary/aromatic N) is 2. The maximum absolute atomic E-state index is 5.97. The zero-order valence-electron chi connectivity index (χ0n) is 10.8. The molecule has 0 fully saturated rings. The second kappa shape index (κ2) is 6.54. The number of benzene rings is 1. The fraction of sp³-hybridized carbons (Fsp3) is 0.385. The lowest BCUT2D eigenvalue weighted by molar-refractivity contribution is 0.323. The topological polar surface area (TPSA) is 64.9 Å². The molecule has 0 unspecified atom stereocenters. The smallest absolute Gasteiger partial charge is 0.243 e. The van der Waals surface area contributed by atoms with E-state index in [1.165, 1.54) is 4.90 Å². The van der Waals surface area contributed by atoms with E-state index in [2.05, 4.69) is 38.2 Å². The van der Waals surface area contributed by atoms with Crippen molar-refractivity contribution in [2.75, 3.05) is 0 Å². The van der Waals surface area contributed by atoms with Gasteiger partial charge < -0.3 is 10.3 Å². The first-order valence-electron chi connectivity index (χ1n) is 6.02. The summed E-state index contributed by atoms with van der Waals surface area (Å²) in [4.78, 5) is 5.50. The van der Waals surface area contributed by atoms with E-state index in [9.17, 15) is 0 Å². The van der Waals surface area contributed by atoms with Gasteiger partial charge in [0, 0.05) is 9.37 Å². The molecule has 102 valence electrons. The van der Waals surface area contributed by atoms with Gasteiger partial charge >= 0.3 is 0 Å².